The summed E-state index contributed by atoms with van der Waals surface area (Å²) in [7, 11) is 0. The second-order valence-electron chi connectivity index (χ2n) is 7.86. The van der Waals surface area contributed by atoms with Crippen LogP contribution in [0.1, 0.15) is 58.3 Å². The molecule has 0 aliphatic rings. The van der Waals surface area contributed by atoms with Crippen molar-refractivity contribution in [1.82, 2.24) is 20.1 Å². The molecule has 1 unspecified atom stereocenters. The van der Waals surface area contributed by atoms with Crippen molar-refractivity contribution in [1.29, 1.82) is 0 Å². The number of pyridine rings is 1. The van der Waals surface area contributed by atoms with E-state index in [-0.39, 0.29) is 29.5 Å². The summed E-state index contributed by atoms with van der Waals surface area (Å²) in [5, 5.41) is 9.98. The van der Waals surface area contributed by atoms with E-state index in [0.717, 1.165) is 22.9 Å². The first kappa shape index (κ1) is 23.7. The minimum atomic E-state index is -0.468. The minimum Gasteiger partial charge on any atom is -0.348 e. The smallest absolute Gasteiger partial charge is 0.257 e. The van der Waals surface area contributed by atoms with E-state index < -0.39 is 11.8 Å². The summed E-state index contributed by atoms with van der Waals surface area (Å²) in [6, 6.07) is 11.5. The maximum absolute atomic E-state index is 13.2. The molecule has 2 aromatic heterocycles. The number of aromatic nitrogens is 3. The molecular weight excluding hydrogens is 418 g/mol. The molecule has 1 atom stereocenters. The first-order valence-corrected chi connectivity index (χ1v) is 10.8. The largest absolute Gasteiger partial charge is 0.348 e. The second kappa shape index (κ2) is 10.1. The second-order valence-corrected chi connectivity index (χ2v) is 7.86. The standard InChI is InChI=1S/C25H29N5O3/c1-6-18-13-15(3)27-24(32)20(18)14-26-25(33)22-17(5)30(29-23(22)28-21(31)7-2)16(4)19-11-9-8-10-12-19/h7-13,16H,2,6,14H2,1,3-5H3,(H,26,33)(H,27,32)(H,28,29,31). The number of anilines is 1. The van der Waals surface area contributed by atoms with Crippen LogP contribution in [0.4, 0.5) is 5.82 Å². The summed E-state index contributed by atoms with van der Waals surface area (Å²) in [6.45, 7) is 11.1. The van der Waals surface area contributed by atoms with Crippen LogP contribution in [0.2, 0.25) is 0 Å². The molecule has 0 saturated carbocycles. The molecular formula is C25H29N5O3. The molecule has 2 amide bonds. The van der Waals surface area contributed by atoms with Crippen LogP contribution >= 0.6 is 0 Å². The molecule has 8 nitrogen and oxygen atoms in total. The van der Waals surface area contributed by atoms with Crippen molar-refractivity contribution in [2.75, 3.05) is 5.32 Å². The molecule has 3 N–H and O–H groups in total. The van der Waals surface area contributed by atoms with E-state index in [1.165, 1.54) is 0 Å². The molecule has 8 heteroatoms. The Morgan fingerprint density at radius 1 is 1.24 bits per heavy atom. The Balaban J connectivity index is 1.96. The van der Waals surface area contributed by atoms with Crippen molar-refractivity contribution in [2.24, 2.45) is 0 Å². The van der Waals surface area contributed by atoms with Crippen molar-refractivity contribution < 1.29 is 9.59 Å². The van der Waals surface area contributed by atoms with Gasteiger partial charge in [0, 0.05) is 17.8 Å². The van der Waals surface area contributed by atoms with Gasteiger partial charge in [-0.05, 0) is 50.5 Å². The lowest BCUT2D eigenvalue weighted by molar-refractivity contribution is -0.111. The van der Waals surface area contributed by atoms with Gasteiger partial charge in [-0.3, -0.25) is 19.1 Å². The maximum atomic E-state index is 13.2. The van der Waals surface area contributed by atoms with E-state index in [2.05, 4.69) is 27.3 Å². The first-order valence-electron chi connectivity index (χ1n) is 10.8. The number of H-pyrrole nitrogens is 1. The van der Waals surface area contributed by atoms with Gasteiger partial charge in [-0.1, -0.05) is 43.8 Å². The van der Waals surface area contributed by atoms with Gasteiger partial charge >= 0.3 is 0 Å². The van der Waals surface area contributed by atoms with E-state index >= 15 is 0 Å². The van der Waals surface area contributed by atoms with Crippen LogP contribution in [-0.2, 0) is 17.8 Å². The Morgan fingerprint density at radius 3 is 2.58 bits per heavy atom. The lowest BCUT2D eigenvalue weighted by atomic mass is 10.1. The monoisotopic (exact) mass is 447 g/mol. The summed E-state index contributed by atoms with van der Waals surface area (Å²) >= 11 is 0. The average Bonchev–Trinajstić information content (AvgIpc) is 3.13. The number of hydrogen-bond acceptors (Lipinski definition) is 4. The fourth-order valence-electron chi connectivity index (χ4n) is 3.85. The van der Waals surface area contributed by atoms with Gasteiger partial charge in [0.05, 0.1) is 11.7 Å². The van der Waals surface area contributed by atoms with Crippen LogP contribution in [0.3, 0.4) is 0 Å². The van der Waals surface area contributed by atoms with Gasteiger partial charge in [0.15, 0.2) is 5.82 Å². The molecule has 0 spiro atoms. The number of rotatable bonds is 8. The van der Waals surface area contributed by atoms with Crippen LogP contribution in [0.15, 0.2) is 53.8 Å². The number of aryl methyl sites for hydroxylation is 2. The Labute approximate surface area is 192 Å². The maximum Gasteiger partial charge on any atom is 0.257 e. The number of nitrogens with one attached hydrogen (secondary N) is 3. The molecule has 172 valence electrons. The van der Waals surface area contributed by atoms with Gasteiger partial charge in [-0.15, -0.1) is 0 Å². The summed E-state index contributed by atoms with van der Waals surface area (Å²) in [5.41, 5.74) is 3.78. The Bertz CT molecular complexity index is 1240. The van der Waals surface area contributed by atoms with E-state index in [1.54, 1.807) is 11.6 Å². The van der Waals surface area contributed by atoms with Crippen LogP contribution in [0.5, 0.6) is 0 Å². The SMILES string of the molecule is C=CC(=O)Nc1nn(C(C)c2ccccc2)c(C)c1C(=O)NCc1c(CC)cc(C)[nH]c1=O. The highest BCUT2D eigenvalue weighted by Crippen LogP contribution is 2.26. The van der Waals surface area contributed by atoms with Crippen LogP contribution in [-0.4, -0.2) is 26.6 Å². The molecule has 2 heterocycles. The van der Waals surface area contributed by atoms with Crippen molar-refractivity contribution in [3.05, 3.63) is 93.0 Å². The fraction of sp³-hybridized carbons (Fsp3) is 0.280. The van der Waals surface area contributed by atoms with E-state index in [9.17, 15) is 14.4 Å². The number of amides is 2. The third-order valence-corrected chi connectivity index (χ3v) is 5.62. The summed E-state index contributed by atoms with van der Waals surface area (Å²) < 4.78 is 1.71. The number of carbonyl (C=O) groups excluding carboxylic acids is 2. The molecule has 0 bridgehead atoms. The average molecular weight is 448 g/mol. The minimum absolute atomic E-state index is 0.0608. The van der Waals surface area contributed by atoms with Crippen molar-refractivity contribution in [2.45, 2.75) is 46.7 Å². The van der Waals surface area contributed by atoms with Crippen LogP contribution < -0.4 is 16.2 Å². The zero-order chi connectivity index (χ0) is 24.1. The number of benzene rings is 1. The third-order valence-electron chi connectivity index (χ3n) is 5.62. The molecule has 0 aliphatic carbocycles. The topological polar surface area (TPSA) is 109 Å². The number of carbonyl (C=O) groups is 2. The van der Waals surface area contributed by atoms with Gasteiger partial charge in [0.25, 0.3) is 11.5 Å². The van der Waals surface area contributed by atoms with Gasteiger partial charge in [0.2, 0.25) is 5.91 Å². The zero-order valence-corrected chi connectivity index (χ0v) is 19.4. The molecule has 0 radical (unpaired) electrons. The quantitative estimate of drug-likeness (QED) is 0.460. The Hall–Kier alpha value is -3.94. The lowest BCUT2D eigenvalue weighted by Gasteiger charge is -2.15. The van der Waals surface area contributed by atoms with Crippen molar-refractivity contribution in [3.8, 4) is 0 Å². The Kier molecular flexibility index (Phi) is 7.27. The van der Waals surface area contributed by atoms with E-state index in [4.69, 9.17) is 0 Å². The van der Waals surface area contributed by atoms with Gasteiger partial charge < -0.3 is 15.6 Å². The molecule has 3 aromatic rings. The fourth-order valence-corrected chi connectivity index (χ4v) is 3.85. The third kappa shape index (κ3) is 5.11. The molecule has 0 aliphatic heterocycles. The zero-order valence-electron chi connectivity index (χ0n) is 19.4. The predicted octanol–water partition coefficient (Wildman–Crippen LogP) is 3.41. The highest BCUT2D eigenvalue weighted by Gasteiger charge is 2.25. The van der Waals surface area contributed by atoms with Gasteiger partial charge in [0.1, 0.15) is 5.56 Å². The predicted molar refractivity (Wildman–Crippen MR) is 128 cm³/mol. The van der Waals surface area contributed by atoms with Crippen LogP contribution in [0, 0.1) is 13.8 Å². The van der Waals surface area contributed by atoms with Crippen molar-refractivity contribution in [3.63, 3.8) is 0 Å². The molecule has 0 saturated heterocycles. The van der Waals surface area contributed by atoms with Crippen molar-refractivity contribution >= 4 is 17.6 Å². The van der Waals surface area contributed by atoms with Gasteiger partial charge in [-0.25, -0.2) is 0 Å². The summed E-state index contributed by atoms with van der Waals surface area (Å²) in [5.74, 6) is -0.754. The van der Waals surface area contributed by atoms with Gasteiger partial charge in [-0.2, -0.15) is 5.10 Å². The highest BCUT2D eigenvalue weighted by molar-refractivity contribution is 6.06. The van der Waals surface area contributed by atoms with Crippen LogP contribution in [0.25, 0.3) is 0 Å². The Morgan fingerprint density at radius 2 is 1.94 bits per heavy atom. The van der Waals surface area contributed by atoms with E-state index in [0.29, 0.717) is 17.7 Å². The summed E-state index contributed by atoms with van der Waals surface area (Å²) in [4.78, 5) is 40.5. The van der Waals surface area contributed by atoms with E-state index in [1.807, 2.05) is 57.2 Å². The number of hydrogen-bond donors (Lipinski definition) is 3. The normalized spacial score (nSPS) is 11.6. The molecule has 33 heavy (non-hydrogen) atoms. The molecule has 3 rings (SSSR count). The lowest BCUT2D eigenvalue weighted by Crippen LogP contribution is -2.29. The highest BCUT2D eigenvalue weighted by atomic mass is 16.2. The number of aromatic amines is 1. The summed E-state index contributed by atoms with van der Waals surface area (Å²) in [6.07, 6.45) is 1.79. The number of nitrogens with zero attached hydrogens (tertiary/aromatic N) is 2. The first-order chi connectivity index (χ1) is 15.8. The molecule has 1 aromatic carbocycles. The molecule has 0 fully saturated rings.